The van der Waals surface area contributed by atoms with Crippen molar-refractivity contribution < 1.29 is 4.84 Å². The van der Waals surface area contributed by atoms with E-state index in [9.17, 15) is 0 Å². The fourth-order valence-electron chi connectivity index (χ4n) is 4.11. The molecule has 0 atom stereocenters. The first-order valence-corrected chi connectivity index (χ1v) is 11.6. The number of benzene rings is 1. The van der Waals surface area contributed by atoms with Crippen LogP contribution in [-0.4, -0.2) is 49.1 Å². The summed E-state index contributed by atoms with van der Waals surface area (Å²) in [4.78, 5) is 10.9. The molecular weight excluding hydrogens is 358 g/mol. The molecule has 0 spiro atoms. The Labute approximate surface area is 177 Å². The molecule has 4 nitrogen and oxygen atoms in total. The number of piperazine rings is 1. The van der Waals surface area contributed by atoms with Gasteiger partial charge in [-0.1, -0.05) is 62.2 Å². The van der Waals surface area contributed by atoms with Gasteiger partial charge in [-0.15, -0.1) is 0 Å². The Morgan fingerprint density at radius 3 is 2.62 bits per heavy atom. The molecule has 1 aliphatic heterocycles. The first-order valence-electron chi connectivity index (χ1n) is 11.6. The third-order valence-corrected chi connectivity index (χ3v) is 5.91. The summed E-state index contributed by atoms with van der Waals surface area (Å²) in [5.41, 5.74) is 7.31. The van der Waals surface area contributed by atoms with E-state index in [0.717, 1.165) is 58.7 Å². The molecule has 0 unspecified atom stereocenters. The number of hydrogen-bond donors (Lipinski definition) is 1. The Balaban J connectivity index is 1.27. The van der Waals surface area contributed by atoms with Crippen molar-refractivity contribution in [1.29, 1.82) is 0 Å². The van der Waals surface area contributed by atoms with Gasteiger partial charge in [-0.05, 0) is 43.2 Å². The van der Waals surface area contributed by atoms with E-state index in [2.05, 4.69) is 64.7 Å². The molecule has 1 fully saturated rings. The summed E-state index contributed by atoms with van der Waals surface area (Å²) in [5, 5.41) is 0. The first-order chi connectivity index (χ1) is 14.3. The zero-order valence-electron chi connectivity index (χ0n) is 18.2. The molecule has 1 heterocycles. The minimum atomic E-state index is 0.768. The molecule has 0 aromatic heterocycles. The molecule has 29 heavy (non-hydrogen) atoms. The van der Waals surface area contributed by atoms with Crippen molar-refractivity contribution in [3.63, 3.8) is 0 Å². The summed E-state index contributed by atoms with van der Waals surface area (Å²) in [6, 6.07) is 10.8. The molecule has 0 bridgehead atoms. The second-order valence-corrected chi connectivity index (χ2v) is 8.29. The van der Waals surface area contributed by atoms with Gasteiger partial charge in [0.15, 0.2) is 0 Å². The highest BCUT2D eigenvalue weighted by atomic mass is 16.6. The summed E-state index contributed by atoms with van der Waals surface area (Å²) >= 11 is 0. The van der Waals surface area contributed by atoms with Crippen LogP contribution in [0.15, 0.2) is 53.8 Å². The number of nitrogens with one attached hydrogen (secondary N) is 1. The summed E-state index contributed by atoms with van der Waals surface area (Å²) < 4.78 is 0. The van der Waals surface area contributed by atoms with Gasteiger partial charge in [-0.3, -0.25) is 15.2 Å². The van der Waals surface area contributed by atoms with E-state index < -0.39 is 0 Å². The number of hydroxylamine groups is 1. The maximum atomic E-state index is 5.80. The number of unbranched alkanes of at least 4 members (excludes halogenated alkanes) is 2. The first kappa shape index (κ1) is 22.1. The van der Waals surface area contributed by atoms with Gasteiger partial charge in [0.1, 0.15) is 0 Å². The normalized spacial score (nSPS) is 20.0. The predicted molar refractivity (Wildman–Crippen MR) is 121 cm³/mol. The average molecular weight is 398 g/mol. The lowest BCUT2D eigenvalue weighted by Gasteiger charge is -2.34. The van der Waals surface area contributed by atoms with E-state index in [1.165, 1.54) is 48.9 Å². The van der Waals surface area contributed by atoms with Crippen LogP contribution in [0.4, 0.5) is 0 Å². The highest BCUT2D eigenvalue weighted by Gasteiger charge is 2.16. The molecule has 1 N–H and O–H groups in total. The van der Waals surface area contributed by atoms with Gasteiger partial charge in [0.2, 0.25) is 0 Å². The van der Waals surface area contributed by atoms with E-state index in [1.54, 1.807) is 0 Å². The van der Waals surface area contributed by atoms with Crippen LogP contribution in [-0.2, 0) is 11.4 Å². The topological polar surface area (TPSA) is 27.7 Å². The minimum Gasteiger partial charge on any atom is -0.301 e. The molecular formula is C25H39N3O. The zero-order valence-corrected chi connectivity index (χ0v) is 18.2. The van der Waals surface area contributed by atoms with Gasteiger partial charge in [0.25, 0.3) is 0 Å². The van der Waals surface area contributed by atoms with Gasteiger partial charge in [-0.25, -0.2) is 0 Å². The number of rotatable bonds is 11. The molecule has 160 valence electrons. The third kappa shape index (κ3) is 7.96. The fourth-order valence-corrected chi connectivity index (χ4v) is 4.11. The van der Waals surface area contributed by atoms with Gasteiger partial charge < -0.3 is 4.90 Å². The fraction of sp³-hybridized carbons (Fsp3) is 0.600. The second-order valence-electron chi connectivity index (χ2n) is 8.29. The largest absolute Gasteiger partial charge is 0.301 e. The van der Waals surface area contributed by atoms with Crippen LogP contribution < -0.4 is 5.48 Å². The quantitative estimate of drug-likeness (QED) is 0.425. The Morgan fingerprint density at radius 1 is 1.03 bits per heavy atom. The highest BCUT2D eigenvalue weighted by molar-refractivity contribution is 5.30. The van der Waals surface area contributed by atoms with E-state index in [0.29, 0.717) is 0 Å². The molecule has 1 aromatic rings. The van der Waals surface area contributed by atoms with Crippen molar-refractivity contribution in [2.24, 2.45) is 0 Å². The van der Waals surface area contributed by atoms with E-state index >= 15 is 0 Å². The number of allylic oxidation sites excluding steroid dienone is 3. The maximum Gasteiger partial charge on any atom is 0.0758 e. The number of nitrogens with zero attached hydrogens (tertiary/aromatic N) is 2. The molecule has 1 aliphatic carbocycles. The predicted octanol–water partition coefficient (Wildman–Crippen LogP) is 4.90. The van der Waals surface area contributed by atoms with E-state index in [1.807, 2.05) is 0 Å². The standard InChI is InChI=1S/C25H39N3O/c1-2-3-5-13-24-14-8-9-15-25(24)26-29-21-10-16-27-17-19-28(20-18-27)22-23-11-6-4-7-12-23/h4,6-7,11-13,15,26H,2-3,5,8-10,14,16-22H2,1H3. The smallest absolute Gasteiger partial charge is 0.0758 e. The van der Waals surface area contributed by atoms with Crippen molar-refractivity contribution in [2.45, 2.75) is 58.4 Å². The van der Waals surface area contributed by atoms with Crippen LogP contribution in [0, 0.1) is 0 Å². The highest BCUT2D eigenvalue weighted by Crippen LogP contribution is 2.23. The Bertz CT molecular complexity index is 633. The van der Waals surface area contributed by atoms with Crippen LogP contribution in [0.3, 0.4) is 0 Å². The monoisotopic (exact) mass is 397 g/mol. The molecule has 1 aromatic carbocycles. The Morgan fingerprint density at radius 2 is 1.83 bits per heavy atom. The van der Waals surface area contributed by atoms with Gasteiger partial charge in [-0.2, -0.15) is 0 Å². The lowest BCUT2D eigenvalue weighted by molar-refractivity contribution is 0.0502. The van der Waals surface area contributed by atoms with Gasteiger partial charge in [0.05, 0.1) is 12.3 Å². The second kappa shape index (κ2) is 12.8. The van der Waals surface area contributed by atoms with Crippen LogP contribution in [0.1, 0.15) is 57.4 Å². The average Bonchev–Trinajstić information content (AvgIpc) is 2.76. The molecule has 0 amide bonds. The summed E-state index contributed by atoms with van der Waals surface area (Å²) in [6.45, 7) is 9.86. The van der Waals surface area contributed by atoms with E-state index in [-0.39, 0.29) is 0 Å². The molecule has 2 aliphatic rings. The summed E-state index contributed by atoms with van der Waals surface area (Å²) in [7, 11) is 0. The van der Waals surface area contributed by atoms with Gasteiger partial charge >= 0.3 is 0 Å². The van der Waals surface area contributed by atoms with Crippen LogP contribution in [0.5, 0.6) is 0 Å². The molecule has 3 rings (SSSR count). The van der Waals surface area contributed by atoms with Crippen molar-refractivity contribution in [2.75, 3.05) is 39.3 Å². The maximum absolute atomic E-state index is 5.80. The lowest BCUT2D eigenvalue weighted by Crippen LogP contribution is -2.46. The Hall–Kier alpha value is -1.62. The van der Waals surface area contributed by atoms with Crippen molar-refractivity contribution in [1.82, 2.24) is 15.3 Å². The SMILES string of the molecule is CCCCC=C1CCCC=C1NOCCCN1CCN(Cc2ccccc2)CC1. The van der Waals surface area contributed by atoms with Gasteiger partial charge in [0, 0.05) is 39.3 Å². The molecule has 0 saturated carbocycles. The third-order valence-electron chi connectivity index (χ3n) is 5.91. The number of hydrogen-bond acceptors (Lipinski definition) is 4. The Kier molecular flexibility index (Phi) is 9.77. The van der Waals surface area contributed by atoms with Crippen molar-refractivity contribution in [3.05, 3.63) is 59.3 Å². The van der Waals surface area contributed by atoms with Crippen LogP contribution in [0.25, 0.3) is 0 Å². The molecule has 0 radical (unpaired) electrons. The summed E-state index contributed by atoms with van der Waals surface area (Å²) in [5.74, 6) is 0. The molecule has 1 saturated heterocycles. The van der Waals surface area contributed by atoms with E-state index in [4.69, 9.17) is 4.84 Å². The summed E-state index contributed by atoms with van der Waals surface area (Å²) in [6.07, 6.45) is 13.1. The zero-order chi connectivity index (χ0) is 20.2. The van der Waals surface area contributed by atoms with Crippen LogP contribution in [0.2, 0.25) is 0 Å². The van der Waals surface area contributed by atoms with Crippen molar-refractivity contribution in [3.8, 4) is 0 Å². The van der Waals surface area contributed by atoms with Crippen molar-refractivity contribution >= 4 is 0 Å². The minimum absolute atomic E-state index is 0.768. The molecule has 4 heteroatoms. The van der Waals surface area contributed by atoms with Crippen LogP contribution >= 0.6 is 0 Å². The lowest BCUT2D eigenvalue weighted by atomic mass is 9.97.